The highest BCUT2D eigenvalue weighted by Gasteiger charge is 2.50. The maximum Gasteiger partial charge on any atom is 0.295 e. The SMILES string of the molecule is O=COC[C@@H]1O[C@H](OC=O)[C@H](Nc2ccccc2)[C@H](OC=O)[C@@H]1OC=O. The molecule has 0 aliphatic carbocycles. The minimum absolute atomic E-state index is 0.156. The highest BCUT2D eigenvalue weighted by Crippen LogP contribution is 2.28. The summed E-state index contributed by atoms with van der Waals surface area (Å²) >= 11 is 0. The Kier molecular flexibility index (Phi) is 7.37. The van der Waals surface area contributed by atoms with Crippen molar-refractivity contribution in [1.82, 2.24) is 0 Å². The minimum atomic E-state index is -1.20. The molecule has 10 heteroatoms. The summed E-state index contributed by atoms with van der Waals surface area (Å²) < 4.78 is 25.2. The predicted octanol–water partition coefficient (Wildman–Crippen LogP) is -0.379. The van der Waals surface area contributed by atoms with Gasteiger partial charge in [0.2, 0.25) is 6.29 Å². The molecule has 0 amide bonds. The van der Waals surface area contributed by atoms with Gasteiger partial charge in [0.05, 0.1) is 0 Å². The zero-order valence-corrected chi connectivity index (χ0v) is 13.5. The van der Waals surface area contributed by atoms with Crippen LogP contribution in [0.5, 0.6) is 0 Å². The molecule has 140 valence electrons. The average Bonchev–Trinajstić information content (AvgIpc) is 2.66. The third kappa shape index (κ3) is 4.70. The monoisotopic (exact) mass is 367 g/mol. The van der Waals surface area contributed by atoms with Crippen LogP contribution in [0.25, 0.3) is 0 Å². The van der Waals surface area contributed by atoms with Crippen molar-refractivity contribution in [2.75, 3.05) is 11.9 Å². The van der Waals surface area contributed by atoms with Crippen LogP contribution in [0.3, 0.4) is 0 Å². The van der Waals surface area contributed by atoms with Crippen molar-refractivity contribution < 1.29 is 42.9 Å². The van der Waals surface area contributed by atoms with Crippen LogP contribution in [-0.2, 0) is 42.9 Å². The van der Waals surface area contributed by atoms with Gasteiger partial charge in [-0.3, -0.25) is 19.2 Å². The Morgan fingerprint density at radius 2 is 1.54 bits per heavy atom. The second-order valence-corrected chi connectivity index (χ2v) is 5.13. The topological polar surface area (TPSA) is 126 Å². The number of para-hydroxylation sites is 1. The van der Waals surface area contributed by atoms with Crippen LogP contribution in [0, 0.1) is 0 Å². The third-order valence-corrected chi connectivity index (χ3v) is 3.70. The zero-order chi connectivity index (χ0) is 18.8. The minimum Gasteiger partial charge on any atom is -0.465 e. The van der Waals surface area contributed by atoms with Crippen LogP contribution >= 0.6 is 0 Å². The molecular formula is C16H17NO9. The van der Waals surface area contributed by atoms with E-state index in [1.165, 1.54) is 0 Å². The Morgan fingerprint density at radius 1 is 0.885 bits per heavy atom. The number of carbonyl (C=O) groups excluding carboxylic acids is 4. The Hall–Kier alpha value is -3.14. The van der Waals surface area contributed by atoms with Crippen LogP contribution in [0.4, 0.5) is 5.69 Å². The van der Waals surface area contributed by atoms with E-state index < -0.39 is 30.6 Å². The highest BCUT2D eigenvalue weighted by molar-refractivity contribution is 5.46. The van der Waals surface area contributed by atoms with Crippen molar-refractivity contribution in [1.29, 1.82) is 0 Å². The van der Waals surface area contributed by atoms with Crippen molar-refractivity contribution in [2.24, 2.45) is 0 Å². The summed E-state index contributed by atoms with van der Waals surface area (Å²) in [6, 6.07) is 7.88. The molecule has 1 aliphatic rings. The van der Waals surface area contributed by atoms with E-state index in [0.29, 0.717) is 5.69 Å². The number of anilines is 1. The van der Waals surface area contributed by atoms with Crippen LogP contribution in [-0.4, -0.2) is 63.1 Å². The number of benzene rings is 1. The molecule has 1 aliphatic heterocycles. The van der Waals surface area contributed by atoms with Crippen LogP contribution in [0.1, 0.15) is 0 Å². The summed E-state index contributed by atoms with van der Waals surface area (Å²) in [4.78, 5) is 43.2. The Balaban J connectivity index is 2.32. The van der Waals surface area contributed by atoms with E-state index in [4.69, 9.17) is 18.9 Å². The first-order valence-corrected chi connectivity index (χ1v) is 7.54. The molecule has 5 atom stereocenters. The lowest BCUT2D eigenvalue weighted by atomic mass is 9.96. The van der Waals surface area contributed by atoms with E-state index >= 15 is 0 Å². The van der Waals surface area contributed by atoms with Crippen molar-refractivity contribution in [3.8, 4) is 0 Å². The molecule has 1 aromatic carbocycles. The summed E-state index contributed by atoms with van der Waals surface area (Å²) in [5.41, 5.74) is 0.618. The molecule has 26 heavy (non-hydrogen) atoms. The van der Waals surface area contributed by atoms with Gasteiger partial charge < -0.3 is 29.0 Å². The third-order valence-electron chi connectivity index (χ3n) is 3.70. The molecule has 1 saturated heterocycles. The number of hydrogen-bond acceptors (Lipinski definition) is 10. The lowest BCUT2D eigenvalue weighted by Crippen LogP contribution is -2.63. The molecule has 1 aromatic rings. The highest BCUT2D eigenvalue weighted by atomic mass is 16.7. The van der Waals surface area contributed by atoms with Crippen molar-refractivity contribution >= 4 is 31.6 Å². The molecule has 0 radical (unpaired) electrons. The molecule has 0 saturated carbocycles. The Morgan fingerprint density at radius 3 is 2.15 bits per heavy atom. The Labute approximate surface area is 148 Å². The van der Waals surface area contributed by atoms with Gasteiger partial charge in [-0.1, -0.05) is 18.2 Å². The van der Waals surface area contributed by atoms with Gasteiger partial charge in [0.1, 0.15) is 18.8 Å². The van der Waals surface area contributed by atoms with Gasteiger partial charge in [-0.25, -0.2) is 0 Å². The molecule has 10 nitrogen and oxygen atoms in total. The summed E-state index contributed by atoms with van der Waals surface area (Å²) in [7, 11) is 0. The fraction of sp³-hybridized carbons (Fsp3) is 0.375. The average molecular weight is 367 g/mol. The van der Waals surface area contributed by atoms with Crippen molar-refractivity contribution in [2.45, 2.75) is 30.6 Å². The van der Waals surface area contributed by atoms with Crippen molar-refractivity contribution in [3.63, 3.8) is 0 Å². The van der Waals surface area contributed by atoms with Gasteiger partial charge in [-0.2, -0.15) is 0 Å². The van der Waals surface area contributed by atoms with Gasteiger partial charge in [-0.05, 0) is 12.1 Å². The first-order chi connectivity index (χ1) is 12.7. The molecule has 1 heterocycles. The normalized spacial score (nSPS) is 27.5. The van der Waals surface area contributed by atoms with E-state index in [1.807, 2.05) is 0 Å². The molecule has 0 unspecified atom stereocenters. The summed E-state index contributed by atoms with van der Waals surface area (Å²) in [5.74, 6) is 0. The Bertz CT molecular complexity index is 597. The maximum absolute atomic E-state index is 11.0. The van der Waals surface area contributed by atoms with Gasteiger partial charge in [-0.15, -0.1) is 0 Å². The van der Waals surface area contributed by atoms with Gasteiger partial charge in [0.25, 0.3) is 25.9 Å². The van der Waals surface area contributed by atoms with Crippen molar-refractivity contribution in [3.05, 3.63) is 30.3 Å². The van der Waals surface area contributed by atoms with Gasteiger partial charge >= 0.3 is 0 Å². The van der Waals surface area contributed by atoms with Crippen LogP contribution < -0.4 is 5.32 Å². The molecule has 0 spiro atoms. The van der Waals surface area contributed by atoms with Gasteiger partial charge in [0.15, 0.2) is 12.2 Å². The fourth-order valence-corrected chi connectivity index (χ4v) is 2.68. The fourth-order valence-electron chi connectivity index (χ4n) is 2.68. The van der Waals surface area contributed by atoms with E-state index in [2.05, 4.69) is 10.1 Å². The number of carbonyl (C=O) groups is 4. The van der Waals surface area contributed by atoms with E-state index in [0.717, 1.165) is 0 Å². The molecule has 1 fully saturated rings. The van der Waals surface area contributed by atoms with E-state index in [1.54, 1.807) is 30.3 Å². The first kappa shape index (κ1) is 19.2. The molecule has 1 N–H and O–H groups in total. The molecule has 0 bridgehead atoms. The second kappa shape index (κ2) is 9.99. The van der Waals surface area contributed by atoms with E-state index in [9.17, 15) is 19.2 Å². The lowest BCUT2D eigenvalue weighted by Gasteiger charge is -2.43. The number of ether oxygens (including phenoxy) is 5. The standard InChI is InChI=1S/C16H17NO9/c18-7-22-6-12-14(23-8-19)15(24-9-20)13(16(26-12)25-10-21)17-11-4-2-1-3-5-11/h1-5,7-10,12-17H,6H2/t12-,13+,14+,15-,16-/m0/s1. The largest absolute Gasteiger partial charge is 0.465 e. The van der Waals surface area contributed by atoms with Crippen LogP contribution in [0.15, 0.2) is 30.3 Å². The molecular weight excluding hydrogens is 350 g/mol. The number of hydrogen-bond donors (Lipinski definition) is 1. The first-order valence-electron chi connectivity index (χ1n) is 7.54. The summed E-state index contributed by atoms with van der Waals surface area (Å²) in [5, 5.41) is 3.02. The smallest absolute Gasteiger partial charge is 0.295 e. The quantitative estimate of drug-likeness (QED) is 0.408. The van der Waals surface area contributed by atoms with Crippen LogP contribution in [0.2, 0.25) is 0 Å². The number of rotatable bonds is 11. The van der Waals surface area contributed by atoms with E-state index in [-0.39, 0.29) is 32.5 Å². The lowest BCUT2D eigenvalue weighted by molar-refractivity contribution is -0.256. The number of nitrogens with one attached hydrogen (secondary N) is 1. The molecule has 0 aromatic heterocycles. The summed E-state index contributed by atoms with van der Waals surface area (Å²) in [6.45, 7) is 0.370. The van der Waals surface area contributed by atoms with Gasteiger partial charge in [0, 0.05) is 5.69 Å². The molecule has 2 rings (SSSR count). The zero-order valence-electron chi connectivity index (χ0n) is 13.5. The second-order valence-electron chi connectivity index (χ2n) is 5.13. The maximum atomic E-state index is 11.0. The predicted molar refractivity (Wildman–Crippen MR) is 83.6 cm³/mol. The summed E-state index contributed by atoms with van der Waals surface area (Å²) in [6.07, 6.45) is -4.42.